The van der Waals surface area contributed by atoms with E-state index in [1.807, 2.05) is 37.3 Å². The summed E-state index contributed by atoms with van der Waals surface area (Å²) in [7, 11) is 0. The van der Waals surface area contributed by atoms with Crippen molar-refractivity contribution in [2.75, 3.05) is 32.8 Å². The summed E-state index contributed by atoms with van der Waals surface area (Å²) >= 11 is 0. The van der Waals surface area contributed by atoms with Crippen molar-refractivity contribution in [2.45, 2.75) is 19.6 Å². The number of aromatic nitrogens is 2. The topological polar surface area (TPSA) is 59.6 Å². The van der Waals surface area contributed by atoms with Crippen LogP contribution in [0.15, 0.2) is 41.3 Å². The predicted molar refractivity (Wildman–Crippen MR) is 88.0 cm³/mol. The van der Waals surface area contributed by atoms with E-state index in [0.29, 0.717) is 26.3 Å². The molecule has 2 heterocycles. The molecule has 1 saturated heterocycles. The Morgan fingerprint density at radius 2 is 1.87 bits per heavy atom. The van der Waals surface area contributed by atoms with E-state index in [1.54, 1.807) is 15.3 Å². The number of aryl methyl sites for hydroxylation is 1. The molecule has 1 aromatic carbocycles. The molecule has 23 heavy (non-hydrogen) atoms. The van der Waals surface area contributed by atoms with E-state index in [0.717, 1.165) is 24.5 Å². The third kappa shape index (κ3) is 3.72. The zero-order valence-electron chi connectivity index (χ0n) is 13.4. The average Bonchev–Trinajstić information content (AvgIpc) is 2.83. The van der Waals surface area contributed by atoms with E-state index < -0.39 is 6.10 Å². The maximum atomic E-state index is 12.6. The molecule has 0 amide bonds. The van der Waals surface area contributed by atoms with Crippen LogP contribution in [0.1, 0.15) is 5.69 Å². The molecule has 0 bridgehead atoms. The van der Waals surface area contributed by atoms with Gasteiger partial charge in [0, 0.05) is 31.5 Å². The van der Waals surface area contributed by atoms with Crippen LogP contribution in [0.2, 0.25) is 0 Å². The van der Waals surface area contributed by atoms with Crippen molar-refractivity contribution in [3.63, 3.8) is 0 Å². The van der Waals surface area contributed by atoms with Crippen molar-refractivity contribution in [3.8, 4) is 5.69 Å². The first-order valence-electron chi connectivity index (χ1n) is 7.97. The number of ether oxygens (including phenoxy) is 1. The Hall–Kier alpha value is -1.89. The molecule has 1 N–H and O–H groups in total. The van der Waals surface area contributed by atoms with Crippen LogP contribution in [-0.2, 0) is 11.3 Å². The van der Waals surface area contributed by atoms with E-state index in [9.17, 15) is 9.90 Å². The summed E-state index contributed by atoms with van der Waals surface area (Å²) in [4.78, 5) is 14.8. The summed E-state index contributed by atoms with van der Waals surface area (Å²) in [5.74, 6) is 0. The quantitative estimate of drug-likeness (QED) is 0.879. The molecule has 1 aliphatic rings. The van der Waals surface area contributed by atoms with Crippen molar-refractivity contribution in [1.82, 2.24) is 14.0 Å². The molecule has 1 atom stereocenters. The Balaban J connectivity index is 1.72. The molecule has 2 aromatic rings. The van der Waals surface area contributed by atoms with E-state index in [-0.39, 0.29) is 5.69 Å². The van der Waals surface area contributed by atoms with Gasteiger partial charge < -0.3 is 9.84 Å². The number of morpholine rings is 1. The van der Waals surface area contributed by atoms with E-state index >= 15 is 0 Å². The van der Waals surface area contributed by atoms with Crippen LogP contribution in [0.3, 0.4) is 0 Å². The Bertz CT molecular complexity index is 687. The maximum absolute atomic E-state index is 12.6. The van der Waals surface area contributed by atoms with Crippen LogP contribution in [-0.4, -0.2) is 58.1 Å². The number of β-amino-alcohol motifs (C(OH)–C–C–N with tert-alkyl or cyclic N) is 1. The molecule has 1 aliphatic heterocycles. The third-order valence-corrected chi connectivity index (χ3v) is 4.13. The predicted octanol–water partition coefficient (Wildman–Crippen LogP) is 0.641. The Morgan fingerprint density at radius 1 is 1.17 bits per heavy atom. The monoisotopic (exact) mass is 317 g/mol. The highest BCUT2D eigenvalue weighted by Gasteiger charge is 2.17. The Labute approximate surface area is 135 Å². The number of nitrogens with zero attached hydrogens (tertiary/aromatic N) is 3. The highest BCUT2D eigenvalue weighted by atomic mass is 16.5. The zero-order valence-corrected chi connectivity index (χ0v) is 13.4. The number of para-hydroxylation sites is 1. The minimum atomic E-state index is -0.572. The van der Waals surface area contributed by atoms with E-state index in [2.05, 4.69) is 4.90 Å². The van der Waals surface area contributed by atoms with Crippen LogP contribution in [0.4, 0.5) is 0 Å². The van der Waals surface area contributed by atoms with Crippen molar-refractivity contribution < 1.29 is 9.84 Å². The highest BCUT2D eigenvalue weighted by Crippen LogP contribution is 2.09. The van der Waals surface area contributed by atoms with Gasteiger partial charge in [0.05, 0.1) is 31.5 Å². The number of hydrogen-bond acceptors (Lipinski definition) is 4. The molecule has 6 heteroatoms. The standard InChI is InChI=1S/C17H23N3O3/c1-14-11-19(13-16(21)12-18-7-9-23-10-8-18)17(22)20(14)15-5-3-2-4-6-15/h2-6,11,16,21H,7-10,12-13H2,1H3/t16-/m1/s1. The van der Waals surface area contributed by atoms with E-state index in [1.165, 1.54) is 0 Å². The van der Waals surface area contributed by atoms with E-state index in [4.69, 9.17) is 4.74 Å². The van der Waals surface area contributed by atoms with Crippen LogP contribution in [0.25, 0.3) is 5.69 Å². The lowest BCUT2D eigenvalue weighted by atomic mass is 10.3. The summed E-state index contributed by atoms with van der Waals surface area (Å²) in [6.45, 7) is 5.83. The number of aliphatic hydroxyl groups is 1. The van der Waals surface area contributed by atoms with Crippen molar-refractivity contribution >= 4 is 0 Å². The second-order valence-corrected chi connectivity index (χ2v) is 5.94. The molecule has 0 unspecified atom stereocenters. The molecule has 0 radical (unpaired) electrons. The fourth-order valence-corrected chi connectivity index (χ4v) is 3.01. The molecule has 1 fully saturated rings. The van der Waals surface area contributed by atoms with Gasteiger partial charge in [-0.05, 0) is 19.1 Å². The summed E-state index contributed by atoms with van der Waals surface area (Å²) in [5.41, 5.74) is 1.59. The van der Waals surface area contributed by atoms with Crippen molar-refractivity contribution in [2.24, 2.45) is 0 Å². The van der Waals surface area contributed by atoms with Crippen molar-refractivity contribution in [1.29, 1.82) is 0 Å². The van der Waals surface area contributed by atoms with Gasteiger partial charge in [0.15, 0.2) is 0 Å². The number of benzene rings is 1. The highest BCUT2D eigenvalue weighted by molar-refractivity contribution is 5.33. The first-order valence-corrected chi connectivity index (χ1v) is 7.97. The third-order valence-electron chi connectivity index (χ3n) is 4.13. The van der Waals surface area contributed by atoms with Gasteiger partial charge in [0.2, 0.25) is 0 Å². The Kier molecular flexibility index (Phi) is 4.95. The Morgan fingerprint density at radius 3 is 2.57 bits per heavy atom. The average molecular weight is 317 g/mol. The minimum Gasteiger partial charge on any atom is -0.390 e. The van der Waals surface area contributed by atoms with Gasteiger partial charge in [-0.3, -0.25) is 14.0 Å². The second-order valence-electron chi connectivity index (χ2n) is 5.94. The lowest BCUT2D eigenvalue weighted by molar-refractivity contribution is 0.0113. The summed E-state index contributed by atoms with van der Waals surface area (Å²) < 4.78 is 8.56. The molecule has 6 nitrogen and oxygen atoms in total. The molecular weight excluding hydrogens is 294 g/mol. The number of imidazole rings is 1. The zero-order chi connectivity index (χ0) is 16.2. The van der Waals surface area contributed by atoms with Gasteiger partial charge in [0.1, 0.15) is 0 Å². The summed E-state index contributed by atoms with van der Waals surface area (Å²) in [6, 6.07) is 9.55. The van der Waals surface area contributed by atoms with Gasteiger partial charge >= 0.3 is 5.69 Å². The van der Waals surface area contributed by atoms with Gasteiger partial charge in [-0.15, -0.1) is 0 Å². The molecule has 0 saturated carbocycles. The largest absolute Gasteiger partial charge is 0.390 e. The molecule has 124 valence electrons. The maximum Gasteiger partial charge on any atom is 0.333 e. The lowest BCUT2D eigenvalue weighted by Crippen LogP contribution is -2.42. The normalized spacial score (nSPS) is 17.3. The van der Waals surface area contributed by atoms with Crippen molar-refractivity contribution in [3.05, 3.63) is 52.7 Å². The fourth-order valence-electron chi connectivity index (χ4n) is 3.01. The molecule has 1 aromatic heterocycles. The van der Waals surface area contributed by atoms with Gasteiger partial charge in [0.25, 0.3) is 0 Å². The van der Waals surface area contributed by atoms with Crippen LogP contribution in [0.5, 0.6) is 0 Å². The summed E-state index contributed by atoms with van der Waals surface area (Å²) in [5, 5.41) is 10.3. The fraction of sp³-hybridized carbons (Fsp3) is 0.471. The SMILES string of the molecule is Cc1cn(C[C@H](O)CN2CCOCC2)c(=O)n1-c1ccccc1. The molecular formula is C17H23N3O3. The lowest BCUT2D eigenvalue weighted by Gasteiger charge is -2.28. The minimum absolute atomic E-state index is 0.116. The molecule has 3 rings (SSSR count). The number of hydrogen-bond donors (Lipinski definition) is 1. The van der Waals surface area contributed by atoms with Crippen LogP contribution < -0.4 is 5.69 Å². The molecule has 0 aliphatic carbocycles. The van der Waals surface area contributed by atoms with Gasteiger partial charge in [-0.1, -0.05) is 18.2 Å². The smallest absolute Gasteiger partial charge is 0.333 e. The number of rotatable bonds is 5. The molecule has 0 spiro atoms. The second kappa shape index (κ2) is 7.12. The first-order chi connectivity index (χ1) is 11.1. The summed E-state index contributed by atoms with van der Waals surface area (Å²) in [6.07, 6.45) is 1.23. The van der Waals surface area contributed by atoms with Gasteiger partial charge in [-0.25, -0.2) is 4.79 Å². The first kappa shape index (κ1) is 16.0. The van der Waals surface area contributed by atoms with Gasteiger partial charge in [-0.2, -0.15) is 0 Å². The number of aliphatic hydroxyl groups excluding tert-OH is 1. The van der Waals surface area contributed by atoms with Crippen LogP contribution >= 0.6 is 0 Å². The van der Waals surface area contributed by atoms with Crippen LogP contribution in [0, 0.1) is 6.92 Å².